The first-order chi connectivity index (χ1) is 8.86. The predicted molar refractivity (Wildman–Crippen MR) is 74.1 cm³/mol. The van der Waals surface area contributed by atoms with Gasteiger partial charge in [0.25, 0.3) is 0 Å². The Morgan fingerprint density at radius 2 is 2.22 bits per heavy atom. The molecule has 2 saturated carbocycles. The van der Waals surface area contributed by atoms with Gasteiger partial charge in [-0.25, -0.2) is 0 Å². The SMILES string of the molecule is CCCOc1cccc(C2CC2CNC2CC2)c1. The van der Waals surface area contributed by atoms with Crippen LogP contribution in [0.25, 0.3) is 0 Å². The molecule has 0 heterocycles. The van der Waals surface area contributed by atoms with Crippen molar-refractivity contribution in [3.05, 3.63) is 29.8 Å². The van der Waals surface area contributed by atoms with Crippen LogP contribution in [0.3, 0.4) is 0 Å². The fourth-order valence-electron chi connectivity index (χ4n) is 2.54. The van der Waals surface area contributed by atoms with E-state index in [1.165, 1.54) is 31.4 Å². The molecule has 0 aliphatic heterocycles. The zero-order valence-electron chi connectivity index (χ0n) is 11.2. The molecule has 2 aliphatic carbocycles. The van der Waals surface area contributed by atoms with Gasteiger partial charge in [0, 0.05) is 6.04 Å². The third kappa shape index (κ3) is 3.05. The van der Waals surface area contributed by atoms with Crippen LogP contribution >= 0.6 is 0 Å². The van der Waals surface area contributed by atoms with Gasteiger partial charge in [0.05, 0.1) is 6.61 Å². The molecule has 2 fully saturated rings. The summed E-state index contributed by atoms with van der Waals surface area (Å²) in [5, 5.41) is 3.64. The summed E-state index contributed by atoms with van der Waals surface area (Å²) in [6, 6.07) is 9.52. The van der Waals surface area contributed by atoms with E-state index in [1.807, 2.05) is 0 Å². The maximum atomic E-state index is 5.70. The van der Waals surface area contributed by atoms with Gasteiger partial charge in [-0.2, -0.15) is 0 Å². The van der Waals surface area contributed by atoms with Crippen LogP contribution in [0, 0.1) is 5.92 Å². The lowest BCUT2D eigenvalue weighted by Gasteiger charge is -2.07. The highest BCUT2D eigenvalue weighted by Gasteiger charge is 2.38. The van der Waals surface area contributed by atoms with Crippen molar-refractivity contribution >= 4 is 0 Å². The van der Waals surface area contributed by atoms with Crippen molar-refractivity contribution in [3.63, 3.8) is 0 Å². The lowest BCUT2D eigenvalue weighted by molar-refractivity contribution is 0.317. The zero-order valence-corrected chi connectivity index (χ0v) is 11.2. The van der Waals surface area contributed by atoms with Crippen molar-refractivity contribution in [3.8, 4) is 5.75 Å². The van der Waals surface area contributed by atoms with Crippen molar-refractivity contribution in [2.45, 2.75) is 44.6 Å². The van der Waals surface area contributed by atoms with Crippen LogP contribution in [0.2, 0.25) is 0 Å². The Morgan fingerprint density at radius 1 is 1.33 bits per heavy atom. The summed E-state index contributed by atoms with van der Waals surface area (Å²) >= 11 is 0. The molecule has 0 saturated heterocycles. The first kappa shape index (κ1) is 12.0. The van der Waals surface area contributed by atoms with E-state index in [4.69, 9.17) is 4.74 Å². The van der Waals surface area contributed by atoms with Crippen molar-refractivity contribution < 1.29 is 4.74 Å². The molecule has 2 heteroatoms. The maximum Gasteiger partial charge on any atom is 0.119 e. The van der Waals surface area contributed by atoms with Gasteiger partial charge in [0.2, 0.25) is 0 Å². The van der Waals surface area contributed by atoms with Crippen LogP contribution in [-0.2, 0) is 0 Å². The van der Waals surface area contributed by atoms with Gasteiger partial charge < -0.3 is 10.1 Å². The first-order valence-electron chi connectivity index (χ1n) is 7.33. The molecule has 1 aromatic rings. The number of benzene rings is 1. The smallest absolute Gasteiger partial charge is 0.119 e. The highest BCUT2D eigenvalue weighted by atomic mass is 16.5. The van der Waals surface area contributed by atoms with E-state index in [0.29, 0.717) is 0 Å². The van der Waals surface area contributed by atoms with Crippen LogP contribution in [0.15, 0.2) is 24.3 Å². The molecular weight excluding hydrogens is 222 g/mol. The molecule has 18 heavy (non-hydrogen) atoms. The summed E-state index contributed by atoms with van der Waals surface area (Å²) < 4.78 is 5.70. The molecule has 2 nitrogen and oxygen atoms in total. The summed E-state index contributed by atoms with van der Waals surface area (Å²) in [6.45, 7) is 4.17. The molecule has 2 aliphatic rings. The molecule has 0 aromatic heterocycles. The standard InChI is InChI=1S/C16H23NO/c1-2-8-18-15-5-3-4-12(9-15)16-10-13(16)11-17-14-6-7-14/h3-5,9,13-14,16-17H,2,6-8,10-11H2,1H3. The van der Waals surface area contributed by atoms with E-state index in [1.54, 1.807) is 0 Å². The number of rotatable bonds is 7. The third-order valence-electron chi connectivity index (χ3n) is 3.93. The first-order valence-corrected chi connectivity index (χ1v) is 7.33. The van der Waals surface area contributed by atoms with Crippen LogP contribution in [0.4, 0.5) is 0 Å². The van der Waals surface area contributed by atoms with Gasteiger partial charge >= 0.3 is 0 Å². The summed E-state index contributed by atoms with van der Waals surface area (Å²) in [5.74, 6) is 2.66. The average molecular weight is 245 g/mol. The Morgan fingerprint density at radius 3 is 3.00 bits per heavy atom. The van der Waals surface area contributed by atoms with Crippen LogP contribution in [0.5, 0.6) is 5.75 Å². The number of hydrogen-bond acceptors (Lipinski definition) is 2. The quantitative estimate of drug-likeness (QED) is 0.795. The van der Waals surface area contributed by atoms with E-state index in [2.05, 4.69) is 36.5 Å². The lowest BCUT2D eigenvalue weighted by Crippen LogP contribution is -2.19. The van der Waals surface area contributed by atoms with Gasteiger partial charge in [0.1, 0.15) is 5.75 Å². The Bertz CT molecular complexity index is 400. The highest BCUT2D eigenvalue weighted by molar-refractivity contribution is 5.34. The Labute approximate surface area is 110 Å². The normalized spacial score (nSPS) is 26.1. The Hall–Kier alpha value is -1.02. The van der Waals surface area contributed by atoms with E-state index >= 15 is 0 Å². The second kappa shape index (κ2) is 5.31. The van der Waals surface area contributed by atoms with Crippen LogP contribution in [-0.4, -0.2) is 19.2 Å². The summed E-state index contributed by atoms with van der Waals surface area (Å²) in [7, 11) is 0. The largest absolute Gasteiger partial charge is 0.494 e. The Balaban J connectivity index is 1.52. The van der Waals surface area contributed by atoms with Crippen molar-refractivity contribution in [1.29, 1.82) is 0 Å². The molecule has 98 valence electrons. The molecule has 1 aromatic carbocycles. The van der Waals surface area contributed by atoms with Crippen LogP contribution in [0.1, 0.15) is 44.1 Å². The minimum atomic E-state index is 0.765. The van der Waals surface area contributed by atoms with E-state index in [0.717, 1.165) is 36.7 Å². The van der Waals surface area contributed by atoms with Gasteiger partial charge in [-0.1, -0.05) is 19.1 Å². The molecule has 3 rings (SSSR count). The third-order valence-corrected chi connectivity index (χ3v) is 3.93. The number of nitrogens with one attached hydrogen (secondary N) is 1. The molecule has 0 spiro atoms. The summed E-state index contributed by atoms with van der Waals surface area (Å²) in [4.78, 5) is 0. The van der Waals surface area contributed by atoms with Gasteiger partial charge in [0.15, 0.2) is 0 Å². The second-order valence-corrected chi connectivity index (χ2v) is 5.71. The summed E-state index contributed by atoms with van der Waals surface area (Å²) in [6.07, 6.45) is 5.19. The number of ether oxygens (including phenoxy) is 1. The lowest BCUT2D eigenvalue weighted by atomic mass is 10.1. The minimum absolute atomic E-state index is 0.765. The van der Waals surface area contributed by atoms with Gasteiger partial charge in [-0.15, -0.1) is 0 Å². The molecule has 0 radical (unpaired) electrons. The predicted octanol–water partition coefficient (Wildman–Crippen LogP) is 3.33. The molecule has 0 amide bonds. The second-order valence-electron chi connectivity index (χ2n) is 5.71. The van der Waals surface area contributed by atoms with Gasteiger partial charge in [-0.05, 0) is 61.8 Å². The van der Waals surface area contributed by atoms with Gasteiger partial charge in [-0.3, -0.25) is 0 Å². The zero-order chi connectivity index (χ0) is 12.4. The topological polar surface area (TPSA) is 21.3 Å². The molecule has 2 unspecified atom stereocenters. The molecular formula is C16H23NO. The molecule has 2 atom stereocenters. The fraction of sp³-hybridized carbons (Fsp3) is 0.625. The number of hydrogen-bond donors (Lipinski definition) is 1. The average Bonchev–Trinajstić information content (AvgIpc) is 3.27. The van der Waals surface area contributed by atoms with Crippen LogP contribution < -0.4 is 10.1 Å². The fourth-order valence-corrected chi connectivity index (χ4v) is 2.54. The maximum absolute atomic E-state index is 5.70. The monoisotopic (exact) mass is 245 g/mol. The van der Waals surface area contributed by atoms with E-state index in [-0.39, 0.29) is 0 Å². The Kier molecular flexibility index (Phi) is 3.55. The van der Waals surface area contributed by atoms with Crippen molar-refractivity contribution in [1.82, 2.24) is 5.32 Å². The highest BCUT2D eigenvalue weighted by Crippen LogP contribution is 2.47. The summed E-state index contributed by atoms with van der Waals surface area (Å²) in [5.41, 5.74) is 1.46. The van der Waals surface area contributed by atoms with Crippen molar-refractivity contribution in [2.24, 2.45) is 5.92 Å². The minimum Gasteiger partial charge on any atom is -0.494 e. The molecule has 0 bridgehead atoms. The van der Waals surface area contributed by atoms with E-state index < -0.39 is 0 Å². The molecule has 1 N–H and O–H groups in total. The van der Waals surface area contributed by atoms with Crippen molar-refractivity contribution in [2.75, 3.05) is 13.2 Å². The van der Waals surface area contributed by atoms with E-state index in [9.17, 15) is 0 Å².